The summed E-state index contributed by atoms with van der Waals surface area (Å²) < 4.78 is 25.5. The predicted molar refractivity (Wildman–Crippen MR) is 64.6 cm³/mol. The molecule has 1 aromatic rings. The van der Waals surface area contributed by atoms with Gasteiger partial charge in [-0.2, -0.15) is 0 Å². The topological polar surface area (TPSA) is 26.0 Å². The van der Waals surface area contributed by atoms with E-state index in [1.807, 2.05) is 0 Å². The van der Waals surface area contributed by atoms with Crippen LogP contribution in [0.3, 0.4) is 0 Å². The van der Waals surface area contributed by atoms with Gasteiger partial charge in [-0.1, -0.05) is 6.92 Å². The zero-order valence-electron chi connectivity index (χ0n) is 9.38. The molecule has 90 valence electrons. The molecule has 0 amide bonds. The number of hydrogen-bond donors (Lipinski definition) is 1. The summed E-state index contributed by atoms with van der Waals surface area (Å²) in [5.41, 5.74) is 5.78. The third-order valence-corrected chi connectivity index (χ3v) is 3.48. The van der Waals surface area contributed by atoms with Gasteiger partial charge in [-0.05, 0) is 43.2 Å². The van der Waals surface area contributed by atoms with Crippen LogP contribution in [-0.2, 0) is 0 Å². The van der Waals surface area contributed by atoms with Crippen molar-refractivity contribution in [2.24, 2.45) is 5.73 Å². The third kappa shape index (κ3) is 4.49. The molecule has 0 saturated heterocycles. The quantitative estimate of drug-likeness (QED) is 0.612. The van der Waals surface area contributed by atoms with Gasteiger partial charge in [0, 0.05) is 10.9 Å². The van der Waals surface area contributed by atoms with Gasteiger partial charge < -0.3 is 5.73 Å². The minimum absolute atomic E-state index is 0.255. The van der Waals surface area contributed by atoms with Crippen molar-refractivity contribution >= 4 is 11.8 Å². The number of hydrogen-bond acceptors (Lipinski definition) is 2. The van der Waals surface area contributed by atoms with Crippen molar-refractivity contribution in [3.8, 4) is 0 Å². The van der Waals surface area contributed by atoms with Crippen molar-refractivity contribution in [1.82, 2.24) is 0 Å². The van der Waals surface area contributed by atoms with Crippen LogP contribution in [-0.4, -0.2) is 11.8 Å². The highest BCUT2D eigenvalue weighted by Crippen LogP contribution is 2.21. The minimum atomic E-state index is -0.794. The monoisotopic (exact) mass is 245 g/mol. The van der Waals surface area contributed by atoms with Crippen LogP contribution in [0.4, 0.5) is 8.78 Å². The molecule has 16 heavy (non-hydrogen) atoms. The molecule has 1 atom stereocenters. The molecule has 0 aliphatic rings. The zero-order chi connectivity index (χ0) is 12.0. The summed E-state index contributed by atoms with van der Waals surface area (Å²) in [7, 11) is 0. The standard InChI is InChI=1S/C12H17F2NS/c1-2-9(15)4-3-7-16-10-5-6-11(13)12(14)8-10/h5-6,8-9H,2-4,7,15H2,1H3. The van der Waals surface area contributed by atoms with Crippen LogP contribution in [0, 0.1) is 11.6 Å². The van der Waals surface area contributed by atoms with Crippen molar-refractivity contribution in [2.45, 2.75) is 37.1 Å². The minimum Gasteiger partial charge on any atom is -0.328 e. The van der Waals surface area contributed by atoms with Crippen molar-refractivity contribution in [3.05, 3.63) is 29.8 Å². The first kappa shape index (κ1) is 13.5. The maximum absolute atomic E-state index is 12.9. The van der Waals surface area contributed by atoms with E-state index in [1.165, 1.54) is 17.8 Å². The lowest BCUT2D eigenvalue weighted by atomic mass is 10.1. The van der Waals surface area contributed by atoms with Gasteiger partial charge in [0.15, 0.2) is 11.6 Å². The number of benzene rings is 1. The largest absolute Gasteiger partial charge is 0.328 e. The Morgan fingerprint density at radius 1 is 1.31 bits per heavy atom. The summed E-state index contributed by atoms with van der Waals surface area (Å²) in [6.07, 6.45) is 2.96. The highest BCUT2D eigenvalue weighted by atomic mass is 32.2. The zero-order valence-corrected chi connectivity index (χ0v) is 10.2. The second-order valence-corrected chi connectivity index (χ2v) is 4.90. The summed E-state index contributed by atoms with van der Waals surface area (Å²) in [6.45, 7) is 2.06. The lowest BCUT2D eigenvalue weighted by Gasteiger charge is -2.07. The van der Waals surface area contributed by atoms with Crippen LogP contribution in [0.15, 0.2) is 23.1 Å². The van der Waals surface area contributed by atoms with Gasteiger partial charge in [-0.25, -0.2) is 8.78 Å². The van der Waals surface area contributed by atoms with Crippen molar-refractivity contribution in [2.75, 3.05) is 5.75 Å². The Kier molecular flexibility index (Phi) is 5.77. The molecule has 1 aromatic carbocycles. The van der Waals surface area contributed by atoms with Crippen molar-refractivity contribution in [1.29, 1.82) is 0 Å². The van der Waals surface area contributed by atoms with Crippen LogP contribution < -0.4 is 5.73 Å². The first-order chi connectivity index (χ1) is 7.63. The Morgan fingerprint density at radius 2 is 2.06 bits per heavy atom. The Morgan fingerprint density at radius 3 is 2.69 bits per heavy atom. The van der Waals surface area contributed by atoms with Gasteiger partial charge in [0.25, 0.3) is 0 Å². The fraction of sp³-hybridized carbons (Fsp3) is 0.500. The predicted octanol–water partition coefficient (Wildman–Crippen LogP) is 3.57. The average Bonchev–Trinajstić information content (AvgIpc) is 2.28. The number of nitrogens with two attached hydrogens (primary N) is 1. The van der Waals surface area contributed by atoms with E-state index >= 15 is 0 Å². The maximum atomic E-state index is 12.9. The van der Waals surface area contributed by atoms with Gasteiger partial charge in [0.2, 0.25) is 0 Å². The molecule has 4 heteroatoms. The van der Waals surface area contributed by atoms with Gasteiger partial charge >= 0.3 is 0 Å². The highest BCUT2D eigenvalue weighted by molar-refractivity contribution is 7.99. The smallest absolute Gasteiger partial charge is 0.159 e. The lowest BCUT2D eigenvalue weighted by Crippen LogP contribution is -2.18. The van der Waals surface area contributed by atoms with Crippen LogP contribution >= 0.6 is 11.8 Å². The Labute approximate surface area is 99.4 Å². The summed E-state index contributed by atoms with van der Waals surface area (Å²) >= 11 is 1.53. The molecule has 0 spiro atoms. The molecular weight excluding hydrogens is 228 g/mol. The number of thioether (sulfide) groups is 1. The fourth-order valence-corrected chi connectivity index (χ4v) is 2.20. The molecule has 0 aliphatic heterocycles. The molecular formula is C12H17F2NS. The number of halogens is 2. The van der Waals surface area contributed by atoms with E-state index in [-0.39, 0.29) is 6.04 Å². The van der Waals surface area contributed by atoms with Crippen molar-refractivity contribution in [3.63, 3.8) is 0 Å². The molecule has 0 aliphatic carbocycles. The lowest BCUT2D eigenvalue weighted by molar-refractivity contribution is 0.506. The van der Waals surface area contributed by atoms with E-state index in [9.17, 15) is 8.78 Å². The first-order valence-electron chi connectivity index (χ1n) is 5.47. The van der Waals surface area contributed by atoms with E-state index in [0.717, 1.165) is 36.0 Å². The molecule has 0 saturated carbocycles. The SMILES string of the molecule is CCC(N)CCCSc1ccc(F)c(F)c1. The third-order valence-electron chi connectivity index (χ3n) is 2.40. The summed E-state index contributed by atoms with van der Waals surface area (Å²) in [5, 5.41) is 0. The van der Waals surface area contributed by atoms with E-state index in [2.05, 4.69) is 6.92 Å². The first-order valence-corrected chi connectivity index (χ1v) is 6.45. The van der Waals surface area contributed by atoms with Crippen molar-refractivity contribution < 1.29 is 8.78 Å². The highest BCUT2D eigenvalue weighted by Gasteiger charge is 2.03. The molecule has 0 bridgehead atoms. The molecule has 0 aromatic heterocycles. The Bertz CT molecular complexity index is 331. The van der Waals surface area contributed by atoms with Crippen LogP contribution in [0.5, 0.6) is 0 Å². The average molecular weight is 245 g/mol. The van der Waals surface area contributed by atoms with Gasteiger partial charge in [-0.15, -0.1) is 11.8 Å². The Hall–Kier alpha value is -0.610. The molecule has 2 N–H and O–H groups in total. The van der Waals surface area contributed by atoms with Crippen LogP contribution in [0.25, 0.3) is 0 Å². The molecule has 1 nitrogen and oxygen atoms in total. The van der Waals surface area contributed by atoms with Gasteiger partial charge in [-0.3, -0.25) is 0 Å². The molecule has 1 unspecified atom stereocenters. The number of rotatable bonds is 6. The molecule has 0 fully saturated rings. The van der Waals surface area contributed by atoms with E-state index < -0.39 is 11.6 Å². The van der Waals surface area contributed by atoms with Crippen LogP contribution in [0.1, 0.15) is 26.2 Å². The Balaban J connectivity index is 2.29. The molecule has 0 heterocycles. The normalized spacial score (nSPS) is 12.8. The summed E-state index contributed by atoms with van der Waals surface area (Å²) in [5.74, 6) is -0.689. The summed E-state index contributed by atoms with van der Waals surface area (Å²) in [4.78, 5) is 0.768. The van der Waals surface area contributed by atoms with E-state index in [1.54, 1.807) is 6.07 Å². The van der Waals surface area contributed by atoms with E-state index in [0.29, 0.717) is 0 Å². The van der Waals surface area contributed by atoms with E-state index in [4.69, 9.17) is 5.73 Å². The molecule has 1 rings (SSSR count). The van der Waals surface area contributed by atoms with Gasteiger partial charge in [0.05, 0.1) is 0 Å². The second kappa shape index (κ2) is 6.86. The fourth-order valence-electron chi connectivity index (χ4n) is 1.31. The maximum Gasteiger partial charge on any atom is 0.159 e. The second-order valence-electron chi connectivity index (χ2n) is 3.73. The van der Waals surface area contributed by atoms with Crippen LogP contribution in [0.2, 0.25) is 0 Å². The van der Waals surface area contributed by atoms with Gasteiger partial charge in [0.1, 0.15) is 0 Å². The molecule has 0 radical (unpaired) electrons. The summed E-state index contributed by atoms with van der Waals surface area (Å²) in [6, 6.07) is 4.25.